The van der Waals surface area contributed by atoms with Crippen LogP contribution in [0.5, 0.6) is 0 Å². The first-order chi connectivity index (χ1) is 18.2. The first-order valence-electron chi connectivity index (χ1n) is 12.3. The summed E-state index contributed by atoms with van der Waals surface area (Å²) < 4.78 is 28.6. The number of carbonyl (C=O) groups excluding carboxylic acids is 2. The molecule has 1 fully saturated rings. The molecule has 0 saturated carbocycles. The van der Waals surface area contributed by atoms with Gasteiger partial charge in [0.15, 0.2) is 0 Å². The van der Waals surface area contributed by atoms with Gasteiger partial charge in [-0.2, -0.15) is 0 Å². The van der Waals surface area contributed by atoms with Crippen molar-refractivity contribution in [1.29, 1.82) is 0 Å². The summed E-state index contributed by atoms with van der Waals surface area (Å²) in [5, 5.41) is 5.77. The predicted octanol–water partition coefficient (Wildman–Crippen LogP) is 5.53. The Kier molecular flexibility index (Phi) is 7.52. The zero-order valence-electron chi connectivity index (χ0n) is 20.4. The number of carbonyl (C=O) groups is 2. The molecule has 0 spiro atoms. The maximum Gasteiger partial charge on any atom is 0.265 e. The van der Waals surface area contributed by atoms with Crippen molar-refractivity contribution in [1.82, 2.24) is 0 Å². The Bertz CT molecular complexity index is 1470. The Labute approximate surface area is 231 Å². The number of nitrogens with zero attached hydrogens (tertiary/aromatic N) is 2. The van der Waals surface area contributed by atoms with E-state index in [2.05, 4.69) is 15.5 Å². The summed E-state index contributed by atoms with van der Waals surface area (Å²) in [6.45, 7) is 2.01. The van der Waals surface area contributed by atoms with Crippen molar-refractivity contribution in [3.63, 3.8) is 0 Å². The normalized spacial score (nSPS) is 17.5. The third-order valence-corrected chi connectivity index (χ3v) is 9.24. The average molecular weight is 574 g/mol. The second-order valence-corrected chi connectivity index (χ2v) is 11.9. The van der Waals surface area contributed by atoms with Gasteiger partial charge in [0.25, 0.3) is 10.0 Å². The highest BCUT2D eigenvalue weighted by Crippen LogP contribution is 2.38. The van der Waals surface area contributed by atoms with Crippen LogP contribution in [-0.2, 0) is 19.6 Å². The zero-order chi connectivity index (χ0) is 26.9. The smallest absolute Gasteiger partial charge is 0.265 e. The Morgan fingerprint density at radius 3 is 2.37 bits per heavy atom. The number of rotatable bonds is 6. The van der Waals surface area contributed by atoms with Crippen LogP contribution in [0.3, 0.4) is 0 Å². The van der Waals surface area contributed by atoms with Crippen LogP contribution in [0.2, 0.25) is 10.0 Å². The van der Waals surface area contributed by atoms with E-state index >= 15 is 0 Å². The molecule has 2 heterocycles. The van der Waals surface area contributed by atoms with Gasteiger partial charge in [0.2, 0.25) is 11.8 Å². The molecule has 2 aliphatic heterocycles. The van der Waals surface area contributed by atoms with E-state index in [0.29, 0.717) is 11.4 Å². The number of piperidine rings is 1. The standard InChI is InChI=1S/C27H26Cl2N4O4S/c28-21-13-12-20(16-22(21)29)38(36,37)33-24-7-3-2-6-23(24)31-27(35)25(33)17-26(34)30-18-8-10-19(11-9-18)32-14-4-1-5-15-32/h2-3,6-13,16,25H,1,4-5,14-15,17H2,(H,30,34)(H,31,35). The summed E-state index contributed by atoms with van der Waals surface area (Å²) in [4.78, 5) is 28.4. The molecule has 3 aromatic carbocycles. The van der Waals surface area contributed by atoms with Crippen molar-refractivity contribution < 1.29 is 18.0 Å². The molecule has 2 aliphatic rings. The summed E-state index contributed by atoms with van der Waals surface area (Å²) in [6, 6.07) is 16.6. The number of nitrogens with one attached hydrogen (secondary N) is 2. The second kappa shape index (κ2) is 10.8. The molecule has 1 atom stereocenters. The molecule has 11 heteroatoms. The largest absolute Gasteiger partial charge is 0.372 e. The van der Waals surface area contributed by atoms with Gasteiger partial charge >= 0.3 is 0 Å². The van der Waals surface area contributed by atoms with Gasteiger partial charge in [0, 0.05) is 24.5 Å². The van der Waals surface area contributed by atoms with Gasteiger partial charge in [0.1, 0.15) is 6.04 Å². The topological polar surface area (TPSA) is 98.8 Å². The van der Waals surface area contributed by atoms with Gasteiger partial charge in [-0.15, -0.1) is 0 Å². The lowest BCUT2D eigenvalue weighted by Crippen LogP contribution is -2.52. The number of benzene rings is 3. The van der Waals surface area contributed by atoms with Crippen molar-refractivity contribution in [2.24, 2.45) is 0 Å². The minimum Gasteiger partial charge on any atom is -0.372 e. The molecule has 0 radical (unpaired) electrons. The van der Waals surface area contributed by atoms with Crippen LogP contribution < -0.4 is 19.8 Å². The fourth-order valence-electron chi connectivity index (χ4n) is 4.78. The van der Waals surface area contributed by atoms with Crippen LogP contribution in [-0.4, -0.2) is 39.4 Å². The summed E-state index contributed by atoms with van der Waals surface area (Å²) in [6.07, 6.45) is 3.16. The number of fused-ring (bicyclic) bond motifs is 1. The molecule has 8 nitrogen and oxygen atoms in total. The van der Waals surface area contributed by atoms with Crippen molar-refractivity contribution in [3.05, 3.63) is 76.8 Å². The molecule has 0 bridgehead atoms. The molecular weight excluding hydrogens is 547 g/mol. The van der Waals surface area contributed by atoms with Crippen molar-refractivity contribution in [2.45, 2.75) is 36.6 Å². The van der Waals surface area contributed by atoms with Gasteiger partial charge in [0.05, 0.1) is 32.7 Å². The minimum atomic E-state index is -4.29. The van der Waals surface area contributed by atoms with Crippen molar-refractivity contribution in [3.8, 4) is 0 Å². The van der Waals surface area contributed by atoms with Crippen molar-refractivity contribution in [2.75, 3.05) is 32.9 Å². The second-order valence-electron chi connectivity index (χ2n) is 9.25. The summed E-state index contributed by atoms with van der Waals surface area (Å²) in [5.41, 5.74) is 2.23. The van der Waals surface area contributed by atoms with Gasteiger partial charge in [-0.1, -0.05) is 35.3 Å². The van der Waals surface area contributed by atoms with Crippen molar-refractivity contribution >= 4 is 67.8 Å². The molecule has 3 aromatic rings. The lowest BCUT2D eigenvalue weighted by atomic mass is 10.1. The van der Waals surface area contributed by atoms with Gasteiger partial charge < -0.3 is 15.5 Å². The maximum atomic E-state index is 13.8. The van der Waals surface area contributed by atoms with Crippen LogP contribution in [0.25, 0.3) is 0 Å². The minimum absolute atomic E-state index is 0.0600. The lowest BCUT2D eigenvalue weighted by molar-refractivity contribution is -0.122. The SMILES string of the molecule is O=C(CC1C(=O)Nc2ccccc2N1S(=O)(=O)c1ccc(Cl)c(Cl)c1)Nc1ccc(N2CCCCC2)cc1. The average Bonchev–Trinajstić information content (AvgIpc) is 2.91. The molecule has 0 aliphatic carbocycles. The molecule has 0 aromatic heterocycles. The lowest BCUT2D eigenvalue weighted by Gasteiger charge is -2.36. The Hall–Kier alpha value is -3.27. The third-order valence-electron chi connectivity index (χ3n) is 6.68. The summed E-state index contributed by atoms with van der Waals surface area (Å²) >= 11 is 12.1. The quantitative estimate of drug-likeness (QED) is 0.404. The van der Waals surface area contributed by atoms with Crippen LogP contribution in [0.1, 0.15) is 25.7 Å². The maximum absolute atomic E-state index is 13.8. The van der Waals surface area contributed by atoms with E-state index < -0.39 is 34.3 Å². The first kappa shape index (κ1) is 26.3. The highest BCUT2D eigenvalue weighted by atomic mass is 35.5. The van der Waals surface area contributed by atoms with Gasteiger partial charge in [-0.25, -0.2) is 8.42 Å². The molecule has 38 heavy (non-hydrogen) atoms. The highest BCUT2D eigenvalue weighted by molar-refractivity contribution is 7.93. The van der Waals surface area contributed by atoms with Crippen LogP contribution in [0.4, 0.5) is 22.7 Å². The van der Waals surface area contributed by atoms with Crippen LogP contribution in [0.15, 0.2) is 71.6 Å². The molecule has 2 N–H and O–H groups in total. The molecule has 2 amide bonds. The number of anilines is 4. The zero-order valence-corrected chi connectivity index (χ0v) is 22.7. The van der Waals surface area contributed by atoms with E-state index in [1.54, 1.807) is 24.3 Å². The van der Waals surface area contributed by atoms with Crippen LogP contribution >= 0.6 is 23.2 Å². The number of sulfonamides is 1. The molecule has 1 saturated heterocycles. The van der Waals surface area contributed by atoms with Gasteiger partial charge in [-0.05, 0) is 73.9 Å². The Morgan fingerprint density at radius 2 is 1.66 bits per heavy atom. The van der Waals surface area contributed by atoms with E-state index in [-0.39, 0.29) is 20.6 Å². The van der Waals surface area contributed by atoms with Crippen LogP contribution in [0, 0.1) is 0 Å². The molecule has 198 valence electrons. The van der Waals surface area contributed by atoms with E-state index in [1.165, 1.54) is 24.6 Å². The fourth-order valence-corrected chi connectivity index (χ4v) is 6.80. The summed E-state index contributed by atoms with van der Waals surface area (Å²) in [7, 11) is -4.29. The number of halogens is 2. The monoisotopic (exact) mass is 572 g/mol. The van der Waals surface area contributed by atoms with Gasteiger partial charge in [-0.3, -0.25) is 13.9 Å². The van der Waals surface area contributed by atoms with E-state index in [4.69, 9.17) is 23.2 Å². The Balaban J connectivity index is 1.40. The summed E-state index contributed by atoms with van der Waals surface area (Å²) in [5.74, 6) is -1.10. The third kappa shape index (κ3) is 5.32. The van der Waals surface area contributed by atoms with E-state index in [1.807, 2.05) is 24.3 Å². The number of hydrogen-bond acceptors (Lipinski definition) is 5. The molecular formula is C27H26Cl2N4O4S. The fraction of sp³-hybridized carbons (Fsp3) is 0.259. The first-order valence-corrected chi connectivity index (χ1v) is 14.5. The van der Waals surface area contributed by atoms with E-state index in [0.717, 1.165) is 35.9 Å². The number of hydrogen-bond donors (Lipinski definition) is 2. The number of para-hydroxylation sites is 2. The highest BCUT2D eigenvalue weighted by Gasteiger charge is 2.42. The van der Waals surface area contributed by atoms with E-state index in [9.17, 15) is 18.0 Å². The molecule has 5 rings (SSSR count). The number of amides is 2. The Morgan fingerprint density at radius 1 is 0.947 bits per heavy atom. The predicted molar refractivity (Wildman–Crippen MR) is 151 cm³/mol. The molecule has 1 unspecified atom stereocenters.